The highest BCUT2D eigenvalue weighted by atomic mass is 16.1. The maximum absolute atomic E-state index is 11.8. The Labute approximate surface area is 92.4 Å². The fraction of sp³-hybridized carbons (Fsp3) is 0.917. The third-order valence-corrected chi connectivity index (χ3v) is 3.77. The fourth-order valence-electron chi connectivity index (χ4n) is 3.00. The first-order valence-electron chi connectivity index (χ1n) is 6.15. The van der Waals surface area contributed by atoms with E-state index in [2.05, 4.69) is 23.8 Å². The highest BCUT2D eigenvalue weighted by molar-refractivity contribution is 5.85. The summed E-state index contributed by atoms with van der Waals surface area (Å²) in [5, 5.41) is 0. The summed E-state index contributed by atoms with van der Waals surface area (Å²) in [5.74, 6) is 0.478. The van der Waals surface area contributed by atoms with Crippen LogP contribution in [0.5, 0.6) is 0 Å². The standard InChI is InChI=1S/C12H22N2O/c1-10-9-13(2)7-4-8-14(10)11-5-3-6-12(11)15/h10-11H,3-9H2,1-2H3. The van der Waals surface area contributed by atoms with E-state index >= 15 is 0 Å². The van der Waals surface area contributed by atoms with Crippen molar-refractivity contribution < 1.29 is 4.79 Å². The number of likely N-dealkylation sites (N-methyl/N-ethyl adjacent to an activating group) is 1. The van der Waals surface area contributed by atoms with Crippen LogP contribution in [0.15, 0.2) is 0 Å². The lowest BCUT2D eigenvalue weighted by molar-refractivity contribution is -0.122. The summed E-state index contributed by atoms with van der Waals surface area (Å²) in [6.45, 7) is 5.63. The number of carbonyl (C=O) groups is 1. The minimum atomic E-state index is 0.242. The Balaban J connectivity index is 2.03. The molecule has 2 atom stereocenters. The SMILES string of the molecule is CC1CN(C)CCCN1C1CCCC1=O. The molecule has 86 valence electrons. The van der Waals surface area contributed by atoms with Gasteiger partial charge in [0.2, 0.25) is 0 Å². The van der Waals surface area contributed by atoms with E-state index < -0.39 is 0 Å². The molecule has 15 heavy (non-hydrogen) atoms. The number of hydrogen-bond donors (Lipinski definition) is 0. The lowest BCUT2D eigenvalue weighted by atomic mass is 10.1. The minimum absolute atomic E-state index is 0.242. The van der Waals surface area contributed by atoms with Crippen LogP contribution in [0.25, 0.3) is 0 Å². The number of rotatable bonds is 1. The number of Topliss-reactive ketones (excluding diaryl/α,β-unsaturated/α-hetero) is 1. The van der Waals surface area contributed by atoms with Gasteiger partial charge < -0.3 is 4.90 Å². The molecule has 2 fully saturated rings. The van der Waals surface area contributed by atoms with E-state index in [1.165, 1.54) is 13.0 Å². The molecule has 1 saturated heterocycles. The maximum Gasteiger partial charge on any atom is 0.149 e. The second-order valence-electron chi connectivity index (χ2n) is 5.08. The van der Waals surface area contributed by atoms with E-state index in [1.54, 1.807) is 0 Å². The second-order valence-corrected chi connectivity index (χ2v) is 5.08. The summed E-state index contributed by atoms with van der Waals surface area (Å²) < 4.78 is 0. The van der Waals surface area contributed by atoms with Crippen molar-refractivity contribution in [3.63, 3.8) is 0 Å². The van der Waals surface area contributed by atoms with Gasteiger partial charge in [-0.25, -0.2) is 0 Å². The Bertz CT molecular complexity index is 242. The van der Waals surface area contributed by atoms with Gasteiger partial charge in [-0.15, -0.1) is 0 Å². The molecule has 2 unspecified atom stereocenters. The number of ketones is 1. The molecule has 1 aliphatic carbocycles. The summed E-state index contributed by atoms with van der Waals surface area (Å²) in [5.41, 5.74) is 0. The fourth-order valence-corrected chi connectivity index (χ4v) is 3.00. The van der Waals surface area contributed by atoms with E-state index in [-0.39, 0.29) is 6.04 Å². The Hall–Kier alpha value is -0.410. The average molecular weight is 210 g/mol. The number of carbonyl (C=O) groups excluding carboxylic acids is 1. The topological polar surface area (TPSA) is 23.6 Å². The van der Waals surface area contributed by atoms with Crippen molar-refractivity contribution in [2.45, 2.75) is 44.7 Å². The lowest BCUT2D eigenvalue weighted by Gasteiger charge is -2.32. The van der Waals surface area contributed by atoms with Crippen LogP contribution in [0, 0.1) is 0 Å². The van der Waals surface area contributed by atoms with Gasteiger partial charge in [0.05, 0.1) is 6.04 Å². The van der Waals surface area contributed by atoms with Crippen LogP contribution in [0.4, 0.5) is 0 Å². The van der Waals surface area contributed by atoms with Crippen molar-refractivity contribution in [1.82, 2.24) is 9.80 Å². The van der Waals surface area contributed by atoms with Crippen LogP contribution < -0.4 is 0 Å². The zero-order valence-electron chi connectivity index (χ0n) is 9.91. The number of nitrogens with zero attached hydrogens (tertiary/aromatic N) is 2. The summed E-state index contributed by atoms with van der Waals surface area (Å²) >= 11 is 0. The lowest BCUT2D eigenvalue weighted by Crippen LogP contribution is -2.46. The normalized spacial score (nSPS) is 35.7. The van der Waals surface area contributed by atoms with Crippen LogP contribution in [0.2, 0.25) is 0 Å². The quantitative estimate of drug-likeness (QED) is 0.648. The molecular weight excluding hydrogens is 188 g/mol. The molecule has 0 aromatic heterocycles. The Morgan fingerprint density at radius 1 is 1.27 bits per heavy atom. The largest absolute Gasteiger partial charge is 0.305 e. The van der Waals surface area contributed by atoms with Gasteiger partial charge >= 0.3 is 0 Å². The molecule has 2 aliphatic rings. The molecule has 1 saturated carbocycles. The molecule has 3 heteroatoms. The third kappa shape index (κ3) is 2.40. The molecule has 1 aliphatic heterocycles. The molecule has 0 spiro atoms. The second kappa shape index (κ2) is 4.62. The van der Waals surface area contributed by atoms with E-state index in [0.717, 1.165) is 32.4 Å². The first-order valence-corrected chi connectivity index (χ1v) is 6.15. The molecule has 1 heterocycles. The molecule has 0 aromatic carbocycles. The Morgan fingerprint density at radius 3 is 2.73 bits per heavy atom. The average Bonchev–Trinajstić information content (AvgIpc) is 2.51. The van der Waals surface area contributed by atoms with E-state index in [4.69, 9.17) is 0 Å². The van der Waals surface area contributed by atoms with Crippen molar-refractivity contribution in [2.75, 3.05) is 26.7 Å². The molecule has 0 radical (unpaired) electrons. The predicted molar refractivity (Wildman–Crippen MR) is 60.9 cm³/mol. The Morgan fingerprint density at radius 2 is 2.07 bits per heavy atom. The summed E-state index contributed by atoms with van der Waals surface area (Å²) in [6.07, 6.45) is 4.20. The third-order valence-electron chi connectivity index (χ3n) is 3.77. The maximum atomic E-state index is 11.8. The monoisotopic (exact) mass is 210 g/mol. The first-order chi connectivity index (χ1) is 7.18. The zero-order chi connectivity index (χ0) is 10.8. The minimum Gasteiger partial charge on any atom is -0.305 e. The molecule has 0 N–H and O–H groups in total. The van der Waals surface area contributed by atoms with Gasteiger partial charge in [-0.3, -0.25) is 9.69 Å². The van der Waals surface area contributed by atoms with Crippen LogP contribution in [-0.2, 0) is 4.79 Å². The van der Waals surface area contributed by atoms with Crippen LogP contribution >= 0.6 is 0 Å². The molecule has 0 amide bonds. The predicted octanol–water partition coefficient (Wildman–Crippen LogP) is 1.13. The van der Waals surface area contributed by atoms with E-state index in [0.29, 0.717) is 11.8 Å². The van der Waals surface area contributed by atoms with Gasteiger partial charge in [-0.1, -0.05) is 0 Å². The smallest absolute Gasteiger partial charge is 0.149 e. The Kier molecular flexibility index (Phi) is 3.42. The van der Waals surface area contributed by atoms with Gasteiger partial charge in [0.1, 0.15) is 5.78 Å². The van der Waals surface area contributed by atoms with E-state index in [9.17, 15) is 4.79 Å². The van der Waals surface area contributed by atoms with Crippen molar-refractivity contribution in [2.24, 2.45) is 0 Å². The van der Waals surface area contributed by atoms with Crippen LogP contribution in [-0.4, -0.2) is 54.3 Å². The summed E-state index contributed by atoms with van der Waals surface area (Å²) in [6, 6.07) is 0.774. The zero-order valence-corrected chi connectivity index (χ0v) is 9.91. The van der Waals surface area contributed by atoms with Crippen molar-refractivity contribution in [3.05, 3.63) is 0 Å². The summed E-state index contributed by atoms with van der Waals surface area (Å²) in [7, 11) is 2.18. The van der Waals surface area contributed by atoms with Crippen molar-refractivity contribution in [1.29, 1.82) is 0 Å². The van der Waals surface area contributed by atoms with Crippen LogP contribution in [0.3, 0.4) is 0 Å². The molecule has 3 nitrogen and oxygen atoms in total. The van der Waals surface area contributed by atoms with Crippen LogP contribution in [0.1, 0.15) is 32.6 Å². The van der Waals surface area contributed by atoms with Crippen molar-refractivity contribution in [3.8, 4) is 0 Å². The van der Waals surface area contributed by atoms with Crippen molar-refractivity contribution >= 4 is 5.78 Å². The van der Waals surface area contributed by atoms with Gasteiger partial charge in [-0.05, 0) is 39.8 Å². The molecule has 0 aromatic rings. The van der Waals surface area contributed by atoms with Gasteiger partial charge in [0.25, 0.3) is 0 Å². The number of hydrogen-bond acceptors (Lipinski definition) is 3. The summed E-state index contributed by atoms with van der Waals surface area (Å²) in [4.78, 5) is 16.6. The highest BCUT2D eigenvalue weighted by Crippen LogP contribution is 2.23. The van der Waals surface area contributed by atoms with E-state index in [1.807, 2.05) is 0 Å². The first kappa shape index (κ1) is 11.1. The van der Waals surface area contributed by atoms with Gasteiger partial charge in [0.15, 0.2) is 0 Å². The highest BCUT2D eigenvalue weighted by Gasteiger charge is 2.33. The van der Waals surface area contributed by atoms with Gasteiger partial charge in [-0.2, -0.15) is 0 Å². The molecule has 0 bridgehead atoms. The molecule has 2 rings (SSSR count). The van der Waals surface area contributed by atoms with Gasteiger partial charge in [0, 0.05) is 25.6 Å². The molecular formula is C12H22N2O.